The lowest BCUT2D eigenvalue weighted by atomic mass is 10.1. The van der Waals surface area contributed by atoms with Crippen LogP contribution in [0.1, 0.15) is 18.1 Å². The SMILES string of the molecule is CC1=Cc2cc(N3CCOCC3)c([N+](=O)[O-])cc2C1. The van der Waals surface area contributed by atoms with Gasteiger partial charge < -0.3 is 9.64 Å². The van der Waals surface area contributed by atoms with Crippen LogP contribution in [0.15, 0.2) is 17.7 Å². The van der Waals surface area contributed by atoms with Gasteiger partial charge in [0, 0.05) is 19.2 Å². The second-order valence-corrected chi connectivity index (χ2v) is 5.06. The van der Waals surface area contributed by atoms with Gasteiger partial charge in [0.2, 0.25) is 0 Å². The molecule has 0 unspecified atom stereocenters. The molecule has 5 heteroatoms. The van der Waals surface area contributed by atoms with Crippen molar-refractivity contribution < 1.29 is 9.66 Å². The molecule has 0 saturated carbocycles. The second kappa shape index (κ2) is 4.66. The Kier molecular flexibility index (Phi) is 2.98. The van der Waals surface area contributed by atoms with Gasteiger partial charge in [0.25, 0.3) is 5.69 Å². The van der Waals surface area contributed by atoms with Gasteiger partial charge in [-0.05, 0) is 30.5 Å². The number of benzene rings is 1. The third-order valence-corrected chi connectivity index (χ3v) is 3.66. The molecule has 0 spiro atoms. The van der Waals surface area contributed by atoms with Crippen LogP contribution in [0, 0.1) is 10.1 Å². The number of nitrogens with zero attached hydrogens (tertiary/aromatic N) is 2. The first-order valence-electron chi connectivity index (χ1n) is 6.46. The summed E-state index contributed by atoms with van der Waals surface area (Å²) in [5.74, 6) is 0. The molecule has 19 heavy (non-hydrogen) atoms. The second-order valence-electron chi connectivity index (χ2n) is 5.06. The number of hydrogen-bond donors (Lipinski definition) is 0. The van der Waals surface area contributed by atoms with Crippen molar-refractivity contribution in [2.75, 3.05) is 31.2 Å². The summed E-state index contributed by atoms with van der Waals surface area (Å²) in [5, 5.41) is 11.3. The average Bonchev–Trinajstić information content (AvgIpc) is 2.77. The minimum absolute atomic E-state index is 0.212. The van der Waals surface area contributed by atoms with E-state index in [1.54, 1.807) is 6.07 Å². The number of anilines is 1. The van der Waals surface area contributed by atoms with Crippen molar-refractivity contribution in [3.63, 3.8) is 0 Å². The smallest absolute Gasteiger partial charge is 0.292 e. The molecule has 0 amide bonds. The molecule has 3 rings (SSSR count). The molecule has 1 aliphatic heterocycles. The number of morpholine rings is 1. The van der Waals surface area contributed by atoms with Gasteiger partial charge in [-0.15, -0.1) is 0 Å². The lowest BCUT2D eigenvalue weighted by Crippen LogP contribution is -2.36. The van der Waals surface area contributed by atoms with E-state index >= 15 is 0 Å². The largest absolute Gasteiger partial charge is 0.378 e. The molecular weight excluding hydrogens is 244 g/mol. The molecule has 0 bridgehead atoms. The molecule has 1 saturated heterocycles. The van der Waals surface area contributed by atoms with Gasteiger partial charge in [-0.2, -0.15) is 0 Å². The highest BCUT2D eigenvalue weighted by Gasteiger charge is 2.25. The van der Waals surface area contributed by atoms with E-state index in [1.165, 1.54) is 5.57 Å². The van der Waals surface area contributed by atoms with Gasteiger partial charge in [0.15, 0.2) is 0 Å². The lowest BCUT2D eigenvalue weighted by molar-refractivity contribution is -0.384. The maximum absolute atomic E-state index is 11.3. The van der Waals surface area contributed by atoms with Crippen LogP contribution in [0.3, 0.4) is 0 Å². The van der Waals surface area contributed by atoms with Gasteiger partial charge in [0.1, 0.15) is 5.69 Å². The first-order valence-corrected chi connectivity index (χ1v) is 6.46. The summed E-state index contributed by atoms with van der Waals surface area (Å²) in [7, 11) is 0. The predicted octanol–water partition coefficient (Wildman–Crippen LogP) is 2.39. The van der Waals surface area contributed by atoms with E-state index in [-0.39, 0.29) is 10.6 Å². The standard InChI is InChI=1S/C14H16N2O3/c1-10-6-11-8-13(15-2-4-19-5-3-15)14(16(17)18)9-12(11)7-10/h6,8-9H,2-5,7H2,1H3. The van der Waals surface area contributed by atoms with Crippen LogP contribution in [0.5, 0.6) is 0 Å². The third-order valence-electron chi connectivity index (χ3n) is 3.66. The van der Waals surface area contributed by atoms with E-state index in [0.29, 0.717) is 26.3 Å². The average molecular weight is 260 g/mol. The van der Waals surface area contributed by atoms with E-state index in [4.69, 9.17) is 4.74 Å². The first kappa shape index (κ1) is 12.2. The molecule has 0 N–H and O–H groups in total. The molecule has 1 fully saturated rings. The number of nitro groups is 1. The number of hydrogen-bond acceptors (Lipinski definition) is 4. The van der Waals surface area contributed by atoms with Crippen molar-refractivity contribution in [3.05, 3.63) is 38.9 Å². The maximum atomic E-state index is 11.3. The molecule has 100 valence electrons. The van der Waals surface area contributed by atoms with Crippen LogP contribution < -0.4 is 4.90 Å². The Morgan fingerprint density at radius 1 is 1.32 bits per heavy atom. The molecule has 2 aliphatic rings. The molecule has 0 atom stereocenters. The Labute approximate surface area is 111 Å². The van der Waals surface area contributed by atoms with Crippen LogP contribution in [-0.4, -0.2) is 31.2 Å². The van der Waals surface area contributed by atoms with Crippen molar-refractivity contribution in [1.29, 1.82) is 0 Å². The van der Waals surface area contributed by atoms with E-state index in [1.807, 2.05) is 11.0 Å². The minimum Gasteiger partial charge on any atom is -0.378 e. The summed E-state index contributed by atoms with van der Waals surface area (Å²) in [6.45, 7) is 4.73. The van der Waals surface area contributed by atoms with Gasteiger partial charge >= 0.3 is 0 Å². The highest BCUT2D eigenvalue weighted by molar-refractivity contribution is 5.75. The molecule has 1 aromatic carbocycles. The normalized spacial score (nSPS) is 18.2. The van der Waals surface area contributed by atoms with E-state index in [0.717, 1.165) is 23.2 Å². The molecular formula is C14H16N2O3. The van der Waals surface area contributed by atoms with Gasteiger partial charge in [-0.3, -0.25) is 10.1 Å². The summed E-state index contributed by atoms with van der Waals surface area (Å²) in [6, 6.07) is 3.68. The molecule has 1 aliphatic carbocycles. The van der Waals surface area contributed by atoms with Crippen molar-refractivity contribution in [2.24, 2.45) is 0 Å². The number of rotatable bonds is 2. The van der Waals surface area contributed by atoms with Crippen molar-refractivity contribution in [3.8, 4) is 0 Å². The van der Waals surface area contributed by atoms with E-state index < -0.39 is 0 Å². The Balaban J connectivity index is 2.05. The van der Waals surface area contributed by atoms with Crippen molar-refractivity contribution in [2.45, 2.75) is 13.3 Å². The monoisotopic (exact) mass is 260 g/mol. The molecule has 0 aromatic heterocycles. The zero-order valence-electron chi connectivity index (χ0n) is 10.9. The Bertz CT molecular complexity index is 560. The molecule has 1 heterocycles. The number of nitro benzene ring substituents is 1. The Morgan fingerprint density at radius 3 is 2.74 bits per heavy atom. The number of fused-ring (bicyclic) bond motifs is 1. The van der Waals surface area contributed by atoms with Crippen molar-refractivity contribution in [1.82, 2.24) is 0 Å². The molecule has 1 aromatic rings. The summed E-state index contributed by atoms with van der Waals surface area (Å²) in [4.78, 5) is 13.0. The predicted molar refractivity (Wildman–Crippen MR) is 73.5 cm³/mol. The van der Waals surface area contributed by atoms with Crippen LogP contribution in [0.2, 0.25) is 0 Å². The zero-order chi connectivity index (χ0) is 13.4. The summed E-state index contributed by atoms with van der Waals surface area (Å²) in [5.41, 5.74) is 4.36. The minimum atomic E-state index is -0.279. The Hall–Kier alpha value is -1.88. The fraction of sp³-hybridized carbons (Fsp3) is 0.429. The topological polar surface area (TPSA) is 55.6 Å². The number of ether oxygens (including phenoxy) is 1. The quantitative estimate of drug-likeness (QED) is 0.605. The number of allylic oxidation sites excluding steroid dienone is 1. The van der Waals surface area contributed by atoms with Crippen LogP contribution in [0.4, 0.5) is 11.4 Å². The fourth-order valence-electron chi connectivity index (χ4n) is 2.74. The van der Waals surface area contributed by atoms with Crippen LogP contribution in [-0.2, 0) is 11.2 Å². The van der Waals surface area contributed by atoms with Crippen molar-refractivity contribution >= 4 is 17.5 Å². The van der Waals surface area contributed by atoms with Crippen LogP contribution in [0.25, 0.3) is 6.08 Å². The fourth-order valence-corrected chi connectivity index (χ4v) is 2.74. The Morgan fingerprint density at radius 2 is 2.05 bits per heavy atom. The summed E-state index contributed by atoms with van der Waals surface area (Å²) < 4.78 is 5.31. The van der Waals surface area contributed by atoms with Crippen LogP contribution >= 0.6 is 0 Å². The maximum Gasteiger partial charge on any atom is 0.292 e. The van der Waals surface area contributed by atoms with Gasteiger partial charge in [-0.1, -0.05) is 11.6 Å². The van der Waals surface area contributed by atoms with Gasteiger partial charge in [-0.25, -0.2) is 0 Å². The lowest BCUT2D eigenvalue weighted by Gasteiger charge is -2.28. The highest BCUT2D eigenvalue weighted by Crippen LogP contribution is 2.36. The van der Waals surface area contributed by atoms with Gasteiger partial charge in [0.05, 0.1) is 18.1 Å². The summed E-state index contributed by atoms with van der Waals surface area (Å²) >= 11 is 0. The summed E-state index contributed by atoms with van der Waals surface area (Å²) in [6.07, 6.45) is 2.93. The molecule has 0 radical (unpaired) electrons. The van der Waals surface area contributed by atoms with E-state index in [2.05, 4.69) is 13.0 Å². The third kappa shape index (κ3) is 2.21. The zero-order valence-corrected chi connectivity index (χ0v) is 10.9. The van der Waals surface area contributed by atoms with E-state index in [9.17, 15) is 10.1 Å². The molecule has 5 nitrogen and oxygen atoms in total. The highest BCUT2D eigenvalue weighted by atomic mass is 16.6. The first-order chi connectivity index (χ1) is 9.15.